The number of aliphatic hydroxyl groups is 1. The number of amides is 3. The molecular formula is C75H94Cl5N3O19. The van der Waals surface area contributed by atoms with Crippen LogP contribution in [-0.4, -0.2) is 179 Å². The molecule has 4 unspecified atom stereocenters. The average molecular weight is 1520 g/mol. The van der Waals surface area contributed by atoms with Gasteiger partial charge in [-0.25, -0.2) is 28.8 Å². The maximum absolute atomic E-state index is 12.6. The molecule has 5 aromatic rings. The SMILES string of the molecule is CC(C)(C)OC(=O)N1CCCOCC1c1cc(C=O)ccc1Cl.CC(C)(C)OC(=O)N1CCCOCC1c1cc(CO)ccc1Cl.COC(=O)c1ccc(Cl)c(C2CCCCOC2)c1.COC(=O)c1ccc(Cl)c(C2COCCCN2C(=O)OC(C)(C)C)c1.COC(=O)c1ccc(Cl)c(C=O)c1. The van der Waals surface area contributed by atoms with E-state index in [2.05, 4.69) is 4.74 Å². The number of hydrogen-bond donors (Lipinski definition) is 1. The number of rotatable bonds is 10. The number of ether oxygens (including phenoxy) is 10. The number of carbonyl (C=O) groups excluding carboxylic acids is 8. The first-order valence-corrected chi connectivity index (χ1v) is 35.2. The summed E-state index contributed by atoms with van der Waals surface area (Å²) in [4.78, 5) is 98.6. The maximum Gasteiger partial charge on any atom is 0.410 e. The summed E-state index contributed by atoms with van der Waals surface area (Å²) in [5.41, 5.74) is 4.11. The molecule has 4 fully saturated rings. The van der Waals surface area contributed by atoms with Crippen molar-refractivity contribution >= 4 is 107 Å². The van der Waals surface area contributed by atoms with Crippen molar-refractivity contribution in [3.05, 3.63) is 172 Å². The monoisotopic (exact) mass is 1520 g/mol. The molecule has 4 aliphatic rings. The number of esters is 3. The van der Waals surface area contributed by atoms with Crippen LogP contribution in [0.3, 0.4) is 0 Å². The number of halogens is 5. The second-order valence-corrected chi connectivity index (χ2v) is 28.9. The lowest BCUT2D eigenvalue weighted by Crippen LogP contribution is -2.40. The lowest BCUT2D eigenvalue weighted by Gasteiger charge is -2.32. The minimum atomic E-state index is -0.605. The van der Waals surface area contributed by atoms with Crippen molar-refractivity contribution in [1.29, 1.82) is 0 Å². The van der Waals surface area contributed by atoms with Crippen LogP contribution in [0.2, 0.25) is 25.1 Å². The predicted molar refractivity (Wildman–Crippen MR) is 389 cm³/mol. The van der Waals surface area contributed by atoms with Crippen molar-refractivity contribution < 1.29 is 90.8 Å². The Morgan fingerprint density at radius 2 is 0.794 bits per heavy atom. The van der Waals surface area contributed by atoms with Crippen LogP contribution >= 0.6 is 58.0 Å². The molecule has 3 amide bonds. The van der Waals surface area contributed by atoms with Gasteiger partial charge in [0.1, 0.15) is 23.1 Å². The second kappa shape index (κ2) is 41.4. The first-order valence-electron chi connectivity index (χ1n) is 33.3. The number of carbonyl (C=O) groups is 8. The van der Waals surface area contributed by atoms with Crippen LogP contribution in [0.4, 0.5) is 14.4 Å². The summed E-state index contributed by atoms with van der Waals surface area (Å²) in [6, 6.07) is 23.7. The highest BCUT2D eigenvalue weighted by Crippen LogP contribution is 2.37. The van der Waals surface area contributed by atoms with Crippen molar-refractivity contribution in [3.8, 4) is 0 Å². The van der Waals surface area contributed by atoms with Gasteiger partial charge in [-0.3, -0.25) is 24.3 Å². The number of aldehydes is 2. The van der Waals surface area contributed by atoms with Gasteiger partial charge in [-0.15, -0.1) is 0 Å². The fraction of sp³-hybridized carbons (Fsp3) is 0.493. The Balaban J connectivity index is 0.000000233. The molecule has 4 saturated heterocycles. The van der Waals surface area contributed by atoms with Crippen molar-refractivity contribution in [3.63, 3.8) is 0 Å². The molecule has 0 radical (unpaired) electrons. The molecule has 558 valence electrons. The van der Waals surface area contributed by atoms with E-state index < -0.39 is 47.0 Å². The maximum atomic E-state index is 12.6. The third-order valence-electron chi connectivity index (χ3n) is 15.6. The number of aliphatic hydroxyl groups excluding tert-OH is 1. The fourth-order valence-corrected chi connectivity index (χ4v) is 11.9. The first kappa shape index (κ1) is 85.6. The Hall–Kier alpha value is -7.09. The van der Waals surface area contributed by atoms with Crippen LogP contribution in [0.1, 0.15) is 204 Å². The minimum Gasteiger partial charge on any atom is -0.465 e. The summed E-state index contributed by atoms with van der Waals surface area (Å²) in [7, 11) is 3.97. The van der Waals surface area contributed by atoms with Gasteiger partial charge in [-0.1, -0.05) is 76.6 Å². The van der Waals surface area contributed by atoms with Gasteiger partial charge in [-0.05, 0) is 201 Å². The number of methoxy groups -OCH3 is 3. The average Bonchev–Trinajstić information content (AvgIpc) is 1.23. The Morgan fingerprint density at radius 3 is 1.20 bits per heavy atom. The molecule has 0 aromatic heterocycles. The normalized spacial score (nSPS) is 18.0. The quantitative estimate of drug-likeness (QED) is 0.0774. The standard InChI is InChI=1S/C18H24ClNO5.C17H24ClNO4.C17H22ClNO4.C14H17ClO3.C9H7ClO3/c1-18(2,3)25-17(22)20-8-5-9-24-11-15(20)13-10-12(16(21)23-4)6-7-14(13)19;2*1-17(2,3)23-16(21)19-7-4-8-22-11-15(19)13-9-12(10-20)5-6-14(13)18;1-17-14(16)10-5-6-13(15)12(8-10)11-4-2-3-7-18-9-11;1-13-9(12)6-2-3-8(10)7(4-6)5-11/h6-7,10,15H,5,8-9,11H2,1-4H3;5-6,9,15,20H,4,7-8,10-11H2,1-3H3;5-6,9-10,15H,4,7-8,11H2,1-3H3;5-6,8,11H,2-4,7,9H2,1H3;2-5H,1H3. The van der Waals surface area contributed by atoms with E-state index in [0.29, 0.717) is 130 Å². The molecule has 5 aromatic carbocycles. The summed E-state index contributed by atoms with van der Waals surface area (Å²) in [6.45, 7) is 22.1. The molecule has 4 atom stereocenters. The lowest BCUT2D eigenvalue weighted by molar-refractivity contribution is 0.0110. The van der Waals surface area contributed by atoms with Crippen molar-refractivity contribution in [2.75, 3.05) is 93.8 Å². The minimum absolute atomic E-state index is 0.0792. The van der Waals surface area contributed by atoms with Crippen LogP contribution in [0.15, 0.2) is 91.0 Å². The van der Waals surface area contributed by atoms with E-state index in [1.807, 2.05) is 74.4 Å². The number of benzene rings is 5. The Bertz CT molecular complexity index is 3620. The molecule has 0 saturated carbocycles. The summed E-state index contributed by atoms with van der Waals surface area (Å²) < 4.78 is 52.9. The topological polar surface area (TPSA) is 259 Å². The zero-order chi connectivity index (χ0) is 75.5. The van der Waals surface area contributed by atoms with Crippen molar-refractivity contribution in [1.82, 2.24) is 14.7 Å². The molecule has 0 bridgehead atoms. The molecule has 1 N–H and O–H groups in total. The smallest absolute Gasteiger partial charge is 0.410 e. The van der Waals surface area contributed by atoms with E-state index in [1.54, 1.807) is 75.4 Å². The van der Waals surface area contributed by atoms with E-state index >= 15 is 0 Å². The fourth-order valence-electron chi connectivity index (χ4n) is 10.7. The molecule has 27 heteroatoms. The van der Waals surface area contributed by atoms with Crippen molar-refractivity contribution in [2.24, 2.45) is 0 Å². The van der Waals surface area contributed by atoms with E-state index in [1.165, 1.54) is 39.5 Å². The zero-order valence-corrected chi connectivity index (χ0v) is 63.7. The largest absolute Gasteiger partial charge is 0.465 e. The molecule has 9 rings (SSSR count). The lowest BCUT2D eigenvalue weighted by atomic mass is 9.93. The van der Waals surface area contributed by atoms with Gasteiger partial charge in [0.15, 0.2) is 6.29 Å². The van der Waals surface area contributed by atoms with E-state index in [0.717, 1.165) is 61.7 Å². The third-order valence-corrected chi connectivity index (χ3v) is 17.3. The van der Waals surface area contributed by atoms with Gasteiger partial charge in [-0.2, -0.15) is 0 Å². The molecule has 0 spiro atoms. The Labute approximate surface area is 622 Å². The van der Waals surface area contributed by atoms with E-state index in [-0.39, 0.29) is 48.8 Å². The molecule has 4 aliphatic heterocycles. The highest BCUT2D eigenvalue weighted by Gasteiger charge is 2.36. The first-order chi connectivity index (χ1) is 48.3. The molecule has 102 heavy (non-hydrogen) atoms. The van der Waals surface area contributed by atoms with Gasteiger partial charge in [0.25, 0.3) is 0 Å². The molecular weight excluding hydrogens is 1420 g/mol. The Kier molecular flexibility index (Phi) is 34.7. The summed E-state index contributed by atoms with van der Waals surface area (Å²) in [5.74, 6) is -1.01. The third kappa shape index (κ3) is 27.2. The van der Waals surface area contributed by atoms with Crippen LogP contribution in [0.5, 0.6) is 0 Å². The summed E-state index contributed by atoms with van der Waals surface area (Å²) >= 11 is 30.9. The highest BCUT2D eigenvalue weighted by atomic mass is 35.5. The summed E-state index contributed by atoms with van der Waals surface area (Å²) in [6.07, 6.45) is 5.57. The van der Waals surface area contributed by atoms with Crippen LogP contribution < -0.4 is 0 Å². The molecule has 0 aliphatic carbocycles. The van der Waals surface area contributed by atoms with Crippen molar-refractivity contribution in [2.45, 2.75) is 148 Å². The molecule has 4 heterocycles. The summed E-state index contributed by atoms with van der Waals surface area (Å²) in [5, 5.41) is 11.9. The molecule has 22 nitrogen and oxygen atoms in total. The number of hydrogen-bond acceptors (Lipinski definition) is 19. The van der Waals surface area contributed by atoms with Gasteiger partial charge in [0.05, 0.1) is 94.2 Å². The highest BCUT2D eigenvalue weighted by molar-refractivity contribution is 6.33. The van der Waals surface area contributed by atoms with E-state index in [4.69, 9.17) is 101 Å². The van der Waals surface area contributed by atoms with Crippen LogP contribution in [0.25, 0.3) is 0 Å². The van der Waals surface area contributed by atoms with Gasteiger partial charge >= 0.3 is 36.2 Å². The zero-order valence-electron chi connectivity index (χ0n) is 59.9. The van der Waals surface area contributed by atoms with Gasteiger partial charge in [0, 0.05) is 83.2 Å². The predicted octanol–water partition coefficient (Wildman–Crippen LogP) is 16.6. The number of nitrogens with zero attached hydrogens (tertiary/aromatic N) is 3. The second-order valence-electron chi connectivity index (χ2n) is 26.8. The van der Waals surface area contributed by atoms with Crippen LogP contribution in [0, 0.1) is 0 Å². The van der Waals surface area contributed by atoms with Gasteiger partial charge in [0.2, 0.25) is 0 Å². The van der Waals surface area contributed by atoms with E-state index in [9.17, 15) is 43.5 Å². The van der Waals surface area contributed by atoms with Gasteiger partial charge < -0.3 is 52.5 Å². The van der Waals surface area contributed by atoms with Crippen LogP contribution in [-0.2, 0) is 54.0 Å². The Morgan fingerprint density at radius 1 is 0.441 bits per heavy atom.